The van der Waals surface area contributed by atoms with Crippen molar-refractivity contribution in [1.82, 2.24) is 15.6 Å². The van der Waals surface area contributed by atoms with Crippen molar-refractivity contribution >= 4 is 11.8 Å². The monoisotopic (exact) mass is 277 g/mol. The van der Waals surface area contributed by atoms with Crippen LogP contribution < -0.4 is 10.6 Å². The van der Waals surface area contributed by atoms with E-state index in [4.69, 9.17) is 0 Å². The molecule has 0 fully saturated rings. The number of amides is 2. The number of nitrogens with one attached hydrogen (secondary N) is 2. The largest absolute Gasteiger partial charge is 0.350 e. The standard InChI is InChI=1S/C15H23N3O2/c1-5-10(3)17-14(19)12-7-8-13(16-9-12)15(20)18-11(4)6-2/h7-11H,5-6H2,1-4H3,(H,17,19)(H,18,20)/t10-,11+/m0/s1. The van der Waals surface area contributed by atoms with Gasteiger partial charge in [-0.05, 0) is 38.8 Å². The van der Waals surface area contributed by atoms with Gasteiger partial charge in [-0.15, -0.1) is 0 Å². The van der Waals surface area contributed by atoms with Crippen molar-refractivity contribution in [2.75, 3.05) is 0 Å². The summed E-state index contributed by atoms with van der Waals surface area (Å²) in [4.78, 5) is 27.8. The van der Waals surface area contributed by atoms with E-state index in [0.29, 0.717) is 11.3 Å². The molecule has 0 aliphatic carbocycles. The molecule has 0 unspecified atom stereocenters. The lowest BCUT2D eigenvalue weighted by atomic mass is 10.2. The van der Waals surface area contributed by atoms with Gasteiger partial charge in [0.2, 0.25) is 0 Å². The Morgan fingerprint density at radius 3 is 2.05 bits per heavy atom. The van der Waals surface area contributed by atoms with Crippen molar-refractivity contribution in [3.63, 3.8) is 0 Å². The molecular formula is C15H23N3O2. The second kappa shape index (κ2) is 7.62. The lowest BCUT2D eigenvalue weighted by Crippen LogP contribution is -2.33. The van der Waals surface area contributed by atoms with Crippen molar-refractivity contribution in [3.05, 3.63) is 29.6 Å². The van der Waals surface area contributed by atoms with Gasteiger partial charge in [0.15, 0.2) is 0 Å². The zero-order valence-electron chi connectivity index (χ0n) is 12.6. The maximum atomic E-state index is 11.9. The van der Waals surface area contributed by atoms with E-state index in [0.717, 1.165) is 12.8 Å². The van der Waals surface area contributed by atoms with Crippen LogP contribution in [-0.4, -0.2) is 28.9 Å². The number of pyridine rings is 1. The second-order valence-corrected chi connectivity index (χ2v) is 5.00. The summed E-state index contributed by atoms with van der Waals surface area (Å²) in [6.45, 7) is 7.89. The second-order valence-electron chi connectivity index (χ2n) is 5.00. The van der Waals surface area contributed by atoms with Gasteiger partial charge < -0.3 is 10.6 Å². The topological polar surface area (TPSA) is 71.1 Å². The molecule has 0 spiro atoms. The van der Waals surface area contributed by atoms with Gasteiger partial charge in [0, 0.05) is 18.3 Å². The van der Waals surface area contributed by atoms with Gasteiger partial charge >= 0.3 is 0 Å². The quantitative estimate of drug-likeness (QED) is 0.837. The summed E-state index contributed by atoms with van der Waals surface area (Å²) in [6, 6.07) is 3.42. The first-order valence-corrected chi connectivity index (χ1v) is 7.05. The molecular weight excluding hydrogens is 254 g/mol. The lowest BCUT2D eigenvalue weighted by Gasteiger charge is -2.12. The summed E-state index contributed by atoms with van der Waals surface area (Å²) in [5.74, 6) is -0.381. The zero-order chi connectivity index (χ0) is 15.1. The van der Waals surface area contributed by atoms with Crippen LogP contribution in [0.3, 0.4) is 0 Å². The predicted molar refractivity (Wildman–Crippen MR) is 78.7 cm³/mol. The molecule has 1 aromatic heterocycles. The van der Waals surface area contributed by atoms with Gasteiger partial charge in [0.1, 0.15) is 5.69 Å². The van der Waals surface area contributed by atoms with E-state index in [1.54, 1.807) is 12.1 Å². The van der Waals surface area contributed by atoms with E-state index in [2.05, 4.69) is 15.6 Å². The highest BCUT2D eigenvalue weighted by atomic mass is 16.2. The lowest BCUT2D eigenvalue weighted by molar-refractivity contribution is 0.0922. The van der Waals surface area contributed by atoms with E-state index < -0.39 is 0 Å². The van der Waals surface area contributed by atoms with Gasteiger partial charge in [-0.1, -0.05) is 13.8 Å². The van der Waals surface area contributed by atoms with E-state index in [-0.39, 0.29) is 23.9 Å². The maximum absolute atomic E-state index is 11.9. The molecule has 2 N–H and O–H groups in total. The minimum atomic E-state index is -0.215. The average Bonchev–Trinajstić information content (AvgIpc) is 2.46. The highest BCUT2D eigenvalue weighted by molar-refractivity contribution is 5.96. The van der Waals surface area contributed by atoms with Crippen LogP contribution in [0.25, 0.3) is 0 Å². The minimum Gasteiger partial charge on any atom is -0.350 e. The van der Waals surface area contributed by atoms with Gasteiger partial charge in [-0.25, -0.2) is 0 Å². The molecule has 5 nitrogen and oxygen atoms in total. The minimum absolute atomic E-state index is 0.109. The number of hydrogen-bond acceptors (Lipinski definition) is 3. The molecule has 0 saturated heterocycles. The Kier molecular flexibility index (Phi) is 6.15. The summed E-state index contributed by atoms with van der Waals surface area (Å²) in [5, 5.41) is 5.69. The molecule has 0 aliphatic heterocycles. The van der Waals surface area contributed by atoms with E-state index in [1.807, 2.05) is 27.7 Å². The van der Waals surface area contributed by atoms with Crippen LogP contribution in [0.5, 0.6) is 0 Å². The maximum Gasteiger partial charge on any atom is 0.270 e. The van der Waals surface area contributed by atoms with Gasteiger partial charge in [-0.3, -0.25) is 14.6 Å². The fourth-order valence-electron chi connectivity index (χ4n) is 1.47. The Morgan fingerprint density at radius 2 is 1.60 bits per heavy atom. The Balaban J connectivity index is 2.68. The average molecular weight is 277 g/mol. The Hall–Kier alpha value is -1.91. The number of carbonyl (C=O) groups is 2. The van der Waals surface area contributed by atoms with Crippen LogP contribution >= 0.6 is 0 Å². The van der Waals surface area contributed by atoms with Crippen LogP contribution in [0.1, 0.15) is 61.4 Å². The molecule has 0 aliphatic rings. The molecule has 5 heteroatoms. The van der Waals surface area contributed by atoms with Crippen molar-refractivity contribution in [2.45, 2.75) is 52.6 Å². The van der Waals surface area contributed by atoms with Crippen molar-refractivity contribution in [2.24, 2.45) is 0 Å². The predicted octanol–water partition coefficient (Wildman–Crippen LogP) is 2.14. The molecule has 0 saturated carbocycles. The van der Waals surface area contributed by atoms with Crippen LogP contribution in [0, 0.1) is 0 Å². The van der Waals surface area contributed by atoms with Crippen molar-refractivity contribution < 1.29 is 9.59 Å². The Bertz CT molecular complexity index is 414. The van der Waals surface area contributed by atoms with Gasteiger partial charge in [0.05, 0.1) is 5.56 Å². The molecule has 2 amide bonds. The summed E-state index contributed by atoms with van der Waals surface area (Å²) in [6.07, 6.45) is 3.17. The number of nitrogens with zero attached hydrogens (tertiary/aromatic N) is 1. The van der Waals surface area contributed by atoms with Crippen molar-refractivity contribution in [3.8, 4) is 0 Å². The molecule has 0 bridgehead atoms. The van der Waals surface area contributed by atoms with Crippen LogP contribution in [0.4, 0.5) is 0 Å². The summed E-state index contributed by atoms with van der Waals surface area (Å²) < 4.78 is 0. The SMILES string of the molecule is CC[C@@H](C)NC(=O)c1ccc(C(=O)N[C@@H](C)CC)cn1. The van der Waals surface area contributed by atoms with Crippen LogP contribution in [0.2, 0.25) is 0 Å². The van der Waals surface area contributed by atoms with E-state index in [1.165, 1.54) is 6.20 Å². The summed E-state index contributed by atoms with van der Waals surface area (Å²) in [7, 11) is 0. The van der Waals surface area contributed by atoms with Crippen LogP contribution in [0.15, 0.2) is 18.3 Å². The molecule has 20 heavy (non-hydrogen) atoms. The van der Waals surface area contributed by atoms with E-state index in [9.17, 15) is 9.59 Å². The number of carbonyl (C=O) groups excluding carboxylic acids is 2. The molecule has 2 atom stereocenters. The molecule has 1 rings (SSSR count). The van der Waals surface area contributed by atoms with Crippen molar-refractivity contribution in [1.29, 1.82) is 0 Å². The first-order valence-electron chi connectivity index (χ1n) is 7.05. The number of aromatic nitrogens is 1. The molecule has 110 valence electrons. The van der Waals surface area contributed by atoms with E-state index >= 15 is 0 Å². The fourth-order valence-corrected chi connectivity index (χ4v) is 1.47. The fraction of sp³-hybridized carbons (Fsp3) is 0.533. The third kappa shape index (κ3) is 4.64. The highest BCUT2D eigenvalue weighted by Crippen LogP contribution is 2.03. The first-order chi connectivity index (χ1) is 9.47. The third-order valence-electron chi connectivity index (χ3n) is 3.24. The molecule has 1 heterocycles. The smallest absolute Gasteiger partial charge is 0.270 e. The van der Waals surface area contributed by atoms with Gasteiger partial charge in [-0.2, -0.15) is 0 Å². The molecule has 0 aromatic carbocycles. The Morgan fingerprint density at radius 1 is 1.05 bits per heavy atom. The molecule has 1 aromatic rings. The zero-order valence-corrected chi connectivity index (χ0v) is 12.6. The molecule has 0 radical (unpaired) electrons. The Labute approximate surface area is 120 Å². The third-order valence-corrected chi connectivity index (χ3v) is 3.24. The highest BCUT2D eigenvalue weighted by Gasteiger charge is 2.12. The normalized spacial score (nSPS) is 13.4. The number of hydrogen-bond donors (Lipinski definition) is 2. The summed E-state index contributed by atoms with van der Waals surface area (Å²) >= 11 is 0. The van der Waals surface area contributed by atoms with Gasteiger partial charge in [0.25, 0.3) is 11.8 Å². The number of rotatable bonds is 6. The van der Waals surface area contributed by atoms with Crippen LogP contribution in [-0.2, 0) is 0 Å². The summed E-state index contributed by atoms with van der Waals surface area (Å²) in [5.41, 5.74) is 0.788. The first kappa shape index (κ1) is 16.1.